The van der Waals surface area contributed by atoms with Crippen molar-refractivity contribution in [3.8, 4) is 0 Å². The Morgan fingerprint density at radius 1 is 1.16 bits per heavy atom. The molecule has 130 valence electrons. The predicted octanol–water partition coefficient (Wildman–Crippen LogP) is 3.05. The minimum absolute atomic E-state index is 0.0734. The number of nitrogens with two attached hydrogens (primary N) is 1. The average molecular weight is 336 g/mol. The SMILES string of the molecule is CC(C)n1c(CCNC(=O)c2ccc(CN)cc2)nc2ccccc21. The molecule has 3 rings (SSSR count). The molecule has 5 nitrogen and oxygen atoms in total. The highest BCUT2D eigenvalue weighted by Gasteiger charge is 2.13. The minimum Gasteiger partial charge on any atom is -0.352 e. The van der Waals surface area contributed by atoms with Gasteiger partial charge in [-0.3, -0.25) is 4.79 Å². The summed E-state index contributed by atoms with van der Waals surface area (Å²) in [5, 5.41) is 2.97. The Balaban J connectivity index is 1.68. The van der Waals surface area contributed by atoms with Crippen molar-refractivity contribution >= 4 is 16.9 Å². The Hall–Kier alpha value is -2.66. The summed E-state index contributed by atoms with van der Waals surface area (Å²) >= 11 is 0. The van der Waals surface area contributed by atoms with Crippen molar-refractivity contribution in [2.75, 3.05) is 6.54 Å². The molecule has 3 N–H and O–H groups in total. The van der Waals surface area contributed by atoms with Crippen molar-refractivity contribution in [3.63, 3.8) is 0 Å². The van der Waals surface area contributed by atoms with Gasteiger partial charge in [0.25, 0.3) is 5.91 Å². The van der Waals surface area contributed by atoms with Gasteiger partial charge in [-0.05, 0) is 43.7 Å². The molecule has 0 fully saturated rings. The largest absolute Gasteiger partial charge is 0.352 e. The molecule has 0 aliphatic rings. The molecule has 1 aromatic heterocycles. The van der Waals surface area contributed by atoms with E-state index in [1.54, 1.807) is 12.1 Å². The molecule has 0 saturated carbocycles. The minimum atomic E-state index is -0.0734. The summed E-state index contributed by atoms with van der Waals surface area (Å²) in [4.78, 5) is 17.0. The lowest BCUT2D eigenvalue weighted by atomic mass is 10.1. The Bertz CT molecular complexity index is 865. The third-order valence-electron chi connectivity index (χ3n) is 4.27. The van der Waals surface area contributed by atoms with Gasteiger partial charge in [0, 0.05) is 31.1 Å². The highest BCUT2D eigenvalue weighted by molar-refractivity contribution is 5.94. The first-order chi connectivity index (χ1) is 12.1. The van der Waals surface area contributed by atoms with E-state index in [1.807, 2.05) is 30.3 Å². The van der Waals surface area contributed by atoms with Crippen LogP contribution in [-0.2, 0) is 13.0 Å². The second-order valence-corrected chi connectivity index (χ2v) is 6.39. The monoisotopic (exact) mass is 336 g/mol. The number of imidazole rings is 1. The number of aromatic nitrogens is 2. The molecule has 5 heteroatoms. The van der Waals surface area contributed by atoms with E-state index in [1.165, 1.54) is 0 Å². The third kappa shape index (κ3) is 3.72. The van der Waals surface area contributed by atoms with Crippen LogP contribution in [0.2, 0.25) is 0 Å². The summed E-state index contributed by atoms with van der Waals surface area (Å²) in [6, 6.07) is 15.8. The van der Waals surface area contributed by atoms with E-state index in [2.05, 4.69) is 29.8 Å². The Morgan fingerprint density at radius 2 is 1.88 bits per heavy atom. The Morgan fingerprint density at radius 3 is 2.56 bits per heavy atom. The van der Waals surface area contributed by atoms with E-state index < -0.39 is 0 Å². The van der Waals surface area contributed by atoms with Gasteiger partial charge in [-0.2, -0.15) is 0 Å². The first kappa shape index (κ1) is 17.2. The van der Waals surface area contributed by atoms with E-state index in [4.69, 9.17) is 10.7 Å². The summed E-state index contributed by atoms with van der Waals surface area (Å²) in [6.07, 6.45) is 0.694. The molecule has 0 radical (unpaired) electrons. The van der Waals surface area contributed by atoms with Crippen LogP contribution >= 0.6 is 0 Å². The molecule has 0 unspecified atom stereocenters. The zero-order valence-electron chi connectivity index (χ0n) is 14.7. The first-order valence-electron chi connectivity index (χ1n) is 8.63. The van der Waals surface area contributed by atoms with Crippen LogP contribution in [-0.4, -0.2) is 22.0 Å². The lowest BCUT2D eigenvalue weighted by Crippen LogP contribution is -2.26. The van der Waals surface area contributed by atoms with E-state index in [0.29, 0.717) is 31.1 Å². The number of nitrogens with zero attached hydrogens (tertiary/aromatic N) is 2. The number of fused-ring (bicyclic) bond motifs is 1. The number of para-hydroxylation sites is 2. The molecule has 0 bridgehead atoms. The molecule has 0 aliphatic heterocycles. The smallest absolute Gasteiger partial charge is 0.251 e. The lowest BCUT2D eigenvalue weighted by molar-refractivity contribution is 0.0954. The highest BCUT2D eigenvalue weighted by atomic mass is 16.1. The van der Waals surface area contributed by atoms with Crippen molar-refractivity contribution in [3.05, 3.63) is 65.5 Å². The Kier molecular flexibility index (Phi) is 5.14. The van der Waals surface area contributed by atoms with Gasteiger partial charge in [-0.25, -0.2) is 4.98 Å². The van der Waals surface area contributed by atoms with Crippen molar-refractivity contribution < 1.29 is 4.79 Å². The van der Waals surface area contributed by atoms with Gasteiger partial charge in [0.1, 0.15) is 5.82 Å². The van der Waals surface area contributed by atoms with Crippen LogP contribution in [0.5, 0.6) is 0 Å². The van der Waals surface area contributed by atoms with Gasteiger partial charge < -0.3 is 15.6 Å². The molecule has 0 atom stereocenters. The highest BCUT2D eigenvalue weighted by Crippen LogP contribution is 2.21. The molecule has 0 aliphatic carbocycles. The summed E-state index contributed by atoms with van der Waals surface area (Å²) in [6.45, 7) is 5.32. The number of carbonyl (C=O) groups excluding carboxylic acids is 1. The average Bonchev–Trinajstić information content (AvgIpc) is 3.00. The van der Waals surface area contributed by atoms with E-state index in [0.717, 1.165) is 22.4 Å². The van der Waals surface area contributed by atoms with Crippen LogP contribution in [0, 0.1) is 0 Å². The molecule has 25 heavy (non-hydrogen) atoms. The number of amides is 1. The third-order valence-corrected chi connectivity index (χ3v) is 4.27. The number of nitrogens with one attached hydrogen (secondary N) is 1. The van der Waals surface area contributed by atoms with Gasteiger partial charge in [0.2, 0.25) is 0 Å². The number of carbonyl (C=O) groups is 1. The van der Waals surface area contributed by atoms with Gasteiger partial charge in [-0.1, -0.05) is 24.3 Å². The van der Waals surface area contributed by atoms with Crippen LogP contribution in [0.1, 0.15) is 41.6 Å². The number of hydrogen-bond acceptors (Lipinski definition) is 3. The zero-order chi connectivity index (χ0) is 17.8. The van der Waals surface area contributed by atoms with Gasteiger partial charge in [0.05, 0.1) is 11.0 Å². The van der Waals surface area contributed by atoms with Crippen LogP contribution in [0.4, 0.5) is 0 Å². The van der Waals surface area contributed by atoms with Gasteiger partial charge in [0.15, 0.2) is 0 Å². The van der Waals surface area contributed by atoms with Crippen LogP contribution in [0.15, 0.2) is 48.5 Å². The van der Waals surface area contributed by atoms with Gasteiger partial charge >= 0.3 is 0 Å². The fraction of sp³-hybridized carbons (Fsp3) is 0.300. The maximum Gasteiger partial charge on any atom is 0.251 e. The Labute approximate surface area is 147 Å². The topological polar surface area (TPSA) is 72.9 Å². The number of benzene rings is 2. The maximum atomic E-state index is 12.3. The quantitative estimate of drug-likeness (QED) is 0.726. The fourth-order valence-electron chi connectivity index (χ4n) is 3.03. The number of hydrogen-bond donors (Lipinski definition) is 2. The molecule has 2 aromatic carbocycles. The maximum absolute atomic E-state index is 12.3. The summed E-state index contributed by atoms with van der Waals surface area (Å²) < 4.78 is 2.23. The molecule has 1 amide bonds. The molecular formula is C20H24N4O. The van der Waals surface area contributed by atoms with Crippen molar-refractivity contribution in [2.45, 2.75) is 32.9 Å². The summed E-state index contributed by atoms with van der Waals surface area (Å²) in [7, 11) is 0. The summed E-state index contributed by atoms with van der Waals surface area (Å²) in [5.74, 6) is 0.922. The van der Waals surface area contributed by atoms with Crippen LogP contribution in [0.25, 0.3) is 11.0 Å². The lowest BCUT2D eigenvalue weighted by Gasteiger charge is -2.13. The fourth-order valence-corrected chi connectivity index (χ4v) is 3.03. The molecule has 1 heterocycles. The van der Waals surface area contributed by atoms with E-state index in [9.17, 15) is 4.79 Å². The standard InChI is InChI=1S/C20H24N4O/c1-14(2)24-18-6-4-3-5-17(18)23-19(24)11-12-22-20(25)16-9-7-15(13-21)8-10-16/h3-10,14H,11-13,21H2,1-2H3,(H,22,25). The van der Waals surface area contributed by atoms with Gasteiger partial charge in [-0.15, -0.1) is 0 Å². The zero-order valence-corrected chi connectivity index (χ0v) is 14.7. The second-order valence-electron chi connectivity index (χ2n) is 6.39. The molecule has 0 saturated heterocycles. The van der Waals surface area contributed by atoms with Crippen LogP contribution in [0.3, 0.4) is 0 Å². The van der Waals surface area contributed by atoms with E-state index in [-0.39, 0.29) is 5.91 Å². The molecular weight excluding hydrogens is 312 g/mol. The molecule has 3 aromatic rings. The normalized spacial score (nSPS) is 11.2. The van der Waals surface area contributed by atoms with E-state index >= 15 is 0 Å². The second kappa shape index (κ2) is 7.49. The van der Waals surface area contributed by atoms with Crippen LogP contribution < -0.4 is 11.1 Å². The molecule has 0 spiro atoms. The summed E-state index contributed by atoms with van der Waals surface area (Å²) in [5.41, 5.74) is 9.38. The van der Waals surface area contributed by atoms with Crippen molar-refractivity contribution in [2.24, 2.45) is 5.73 Å². The van der Waals surface area contributed by atoms with Crippen molar-refractivity contribution in [1.29, 1.82) is 0 Å². The van der Waals surface area contributed by atoms with Crippen molar-refractivity contribution in [1.82, 2.24) is 14.9 Å². The first-order valence-corrected chi connectivity index (χ1v) is 8.63. The number of rotatable bonds is 6. The predicted molar refractivity (Wildman–Crippen MR) is 100 cm³/mol.